The predicted molar refractivity (Wildman–Crippen MR) is 107 cm³/mol. The Hall–Kier alpha value is -2.75. The molecule has 0 bridgehead atoms. The molecule has 2 rings (SSSR count). The number of alkyl halides is 3. The molecule has 0 saturated carbocycles. The van der Waals surface area contributed by atoms with E-state index in [2.05, 4.69) is 10.6 Å². The van der Waals surface area contributed by atoms with Crippen LogP contribution < -0.4 is 15.4 Å². The third-order valence-corrected chi connectivity index (χ3v) is 4.57. The number of rotatable bonds is 9. The maximum absolute atomic E-state index is 13.9. The first-order chi connectivity index (χ1) is 14.2. The molecule has 1 atom stereocenters. The monoisotopic (exact) mass is 444 g/mol. The molecule has 10 heteroatoms. The van der Waals surface area contributed by atoms with Gasteiger partial charge in [-0.15, -0.1) is 0 Å². The Morgan fingerprint density at radius 1 is 1.13 bits per heavy atom. The summed E-state index contributed by atoms with van der Waals surface area (Å²) in [4.78, 5) is 24.7. The molecule has 2 amide bonds. The van der Waals surface area contributed by atoms with Gasteiger partial charge in [0.15, 0.2) is 6.61 Å². The fourth-order valence-electron chi connectivity index (χ4n) is 2.42. The Kier molecular flexibility index (Phi) is 8.52. The van der Waals surface area contributed by atoms with Crippen molar-refractivity contribution in [2.45, 2.75) is 18.6 Å². The molecule has 30 heavy (non-hydrogen) atoms. The second-order valence-corrected chi connectivity index (χ2v) is 7.17. The molecule has 0 aliphatic heterocycles. The topological polar surface area (TPSA) is 67.4 Å². The van der Waals surface area contributed by atoms with Crippen LogP contribution in [0.15, 0.2) is 48.5 Å². The van der Waals surface area contributed by atoms with Gasteiger partial charge in [0.05, 0.1) is 11.3 Å². The minimum atomic E-state index is -4.69. The van der Waals surface area contributed by atoms with E-state index >= 15 is 0 Å². The Balaban J connectivity index is 2.05. The summed E-state index contributed by atoms with van der Waals surface area (Å²) in [5.41, 5.74) is -1.71. The number of hydrogen-bond acceptors (Lipinski definition) is 4. The highest BCUT2D eigenvalue weighted by Gasteiger charge is 2.31. The van der Waals surface area contributed by atoms with Gasteiger partial charge in [-0.05, 0) is 48.8 Å². The number of amides is 2. The molecule has 1 unspecified atom stereocenters. The van der Waals surface area contributed by atoms with Crippen molar-refractivity contribution in [3.63, 3.8) is 0 Å². The number of carbonyl (C=O) groups excluding carboxylic acids is 2. The van der Waals surface area contributed by atoms with Gasteiger partial charge in [-0.1, -0.05) is 18.2 Å². The van der Waals surface area contributed by atoms with Gasteiger partial charge in [-0.2, -0.15) is 24.9 Å². The normalized spacial score (nSPS) is 12.2. The van der Waals surface area contributed by atoms with Gasteiger partial charge in [0.2, 0.25) is 5.91 Å². The first-order valence-corrected chi connectivity index (χ1v) is 10.2. The molecule has 0 radical (unpaired) electrons. The third-order valence-electron chi connectivity index (χ3n) is 3.93. The molecule has 0 aliphatic rings. The van der Waals surface area contributed by atoms with Crippen molar-refractivity contribution in [3.8, 4) is 5.75 Å². The largest absolute Gasteiger partial charge is 0.484 e. The second-order valence-electron chi connectivity index (χ2n) is 6.18. The molecule has 162 valence electrons. The number of thioether (sulfide) groups is 1. The Labute approximate surface area is 175 Å². The van der Waals surface area contributed by atoms with Crippen molar-refractivity contribution in [1.29, 1.82) is 0 Å². The van der Waals surface area contributed by atoms with Gasteiger partial charge in [-0.25, -0.2) is 4.39 Å². The Morgan fingerprint density at radius 2 is 1.83 bits per heavy atom. The summed E-state index contributed by atoms with van der Waals surface area (Å²) < 4.78 is 57.8. The highest BCUT2D eigenvalue weighted by atomic mass is 32.2. The van der Waals surface area contributed by atoms with Crippen LogP contribution in [-0.4, -0.2) is 36.5 Å². The molecule has 0 saturated heterocycles. The van der Waals surface area contributed by atoms with Crippen molar-refractivity contribution < 1.29 is 31.9 Å². The molecular formula is C20H20F4N2O3S. The molecule has 2 N–H and O–H groups in total. The van der Waals surface area contributed by atoms with Crippen LogP contribution in [0.3, 0.4) is 0 Å². The minimum absolute atomic E-state index is 0.199. The van der Waals surface area contributed by atoms with Gasteiger partial charge in [0.25, 0.3) is 5.91 Å². The second kappa shape index (κ2) is 10.9. The quantitative estimate of drug-likeness (QED) is 0.572. The number of anilines is 1. The highest BCUT2D eigenvalue weighted by Crippen LogP contribution is 2.31. The molecular weight excluding hydrogens is 424 g/mol. The average Bonchev–Trinajstić information content (AvgIpc) is 2.71. The fourth-order valence-corrected chi connectivity index (χ4v) is 2.89. The zero-order valence-corrected chi connectivity index (χ0v) is 16.8. The van der Waals surface area contributed by atoms with E-state index in [9.17, 15) is 27.2 Å². The molecule has 5 nitrogen and oxygen atoms in total. The van der Waals surface area contributed by atoms with Crippen LogP contribution >= 0.6 is 11.8 Å². The summed E-state index contributed by atoms with van der Waals surface area (Å²) in [5.74, 6) is -1.48. The zero-order chi connectivity index (χ0) is 22.1. The smallest absolute Gasteiger partial charge is 0.416 e. The average molecular weight is 444 g/mol. The lowest BCUT2D eigenvalue weighted by Crippen LogP contribution is -2.46. The molecule has 0 fully saturated rings. The van der Waals surface area contributed by atoms with Crippen molar-refractivity contribution in [2.24, 2.45) is 0 Å². The van der Waals surface area contributed by atoms with Gasteiger partial charge in [-0.3, -0.25) is 9.59 Å². The minimum Gasteiger partial charge on any atom is -0.484 e. The number of benzene rings is 2. The maximum atomic E-state index is 13.9. The lowest BCUT2D eigenvalue weighted by Gasteiger charge is -2.19. The van der Waals surface area contributed by atoms with E-state index in [1.807, 2.05) is 0 Å². The first kappa shape index (κ1) is 23.5. The van der Waals surface area contributed by atoms with E-state index in [4.69, 9.17) is 4.74 Å². The van der Waals surface area contributed by atoms with E-state index in [-0.39, 0.29) is 13.0 Å². The van der Waals surface area contributed by atoms with Gasteiger partial charge < -0.3 is 15.4 Å². The molecule has 0 aromatic heterocycles. The Bertz CT molecular complexity index is 863. The summed E-state index contributed by atoms with van der Waals surface area (Å²) in [5, 5.41) is 4.60. The van der Waals surface area contributed by atoms with Gasteiger partial charge in [0.1, 0.15) is 17.6 Å². The van der Waals surface area contributed by atoms with Crippen LogP contribution in [0.5, 0.6) is 5.75 Å². The standard InChI is InChI=1S/C20H20F4N2O3S/c1-30-10-9-16(25-18(27)12-29-14-5-3-2-4-6-14)19(28)26-17-11-13(20(22,23)24)7-8-15(17)21/h2-8,11,16H,9-10,12H2,1H3,(H,25,27)(H,26,28). The number of carbonyl (C=O) groups is 2. The highest BCUT2D eigenvalue weighted by molar-refractivity contribution is 7.98. The third kappa shape index (κ3) is 7.25. The fraction of sp³-hybridized carbons (Fsp3) is 0.300. The summed E-state index contributed by atoms with van der Waals surface area (Å²) in [6.07, 6.45) is -2.69. The van der Waals surface area contributed by atoms with Crippen LogP contribution in [0.1, 0.15) is 12.0 Å². The summed E-state index contributed by atoms with van der Waals surface area (Å²) in [7, 11) is 0. The summed E-state index contributed by atoms with van der Waals surface area (Å²) >= 11 is 1.41. The van der Waals surface area contributed by atoms with Crippen LogP contribution in [0.4, 0.5) is 23.2 Å². The maximum Gasteiger partial charge on any atom is 0.416 e. The van der Waals surface area contributed by atoms with E-state index in [1.165, 1.54) is 11.8 Å². The van der Waals surface area contributed by atoms with E-state index in [0.29, 0.717) is 29.7 Å². The van der Waals surface area contributed by atoms with Crippen molar-refractivity contribution in [3.05, 3.63) is 59.9 Å². The van der Waals surface area contributed by atoms with E-state index in [1.54, 1.807) is 36.6 Å². The number of halogens is 4. The molecule has 0 aliphatic carbocycles. The van der Waals surface area contributed by atoms with Crippen molar-refractivity contribution in [2.75, 3.05) is 23.9 Å². The molecule has 0 heterocycles. The number of ether oxygens (including phenoxy) is 1. The van der Waals surface area contributed by atoms with Crippen molar-refractivity contribution in [1.82, 2.24) is 5.32 Å². The van der Waals surface area contributed by atoms with Crippen LogP contribution in [0.2, 0.25) is 0 Å². The van der Waals surface area contributed by atoms with E-state index < -0.39 is 41.1 Å². The van der Waals surface area contributed by atoms with Crippen LogP contribution in [0.25, 0.3) is 0 Å². The van der Waals surface area contributed by atoms with E-state index in [0.717, 1.165) is 0 Å². The number of para-hydroxylation sites is 1. The van der Waals surface area contributed by atoms with Gasteiger partial charge in [0, 0.05) is 0 Å². The SMILES string of the molecule is CSCCC(NC(=O)COc1ccccc1)C(=O)Nc1cc(C(F)(F)F)ccc1F. The Morgan fingerprint density at radius 3 is 2.47 bits per heavy atom. The molecule has 0 spiro atoms. The van der Waals surface area contributed by atoms with Gasteiger partial charge >= 0.3 is 6.18 Å². The summed E-state index contributed by atoms with van der Waals surface area (Å²) in [6, 6.07) is 9.20. The van der Waals surface area contributed by atoms with Crippen LogP contribution in [-0.2, 0) is 15.8 Å². The molecule has 2 aromatic rings. The number of nitrogens with one attached hydrogen (secondary N) is 2. The molecule has 2 aromatic carbocycles. The summed E-state index contributed by atoms with van der Waals surface area (Å²) in [6.45, 7) is -0.356. The predicted octanol–water partition coefficient (Wildman–Crippen LogP) is 4.10. The van der Waals surface area contributed by atoms with Crippen LogP contribution in [0, 0.1) is 5.82 Å². The lowest BCUT2D eigenvalue weighted by molar-refractivity contribution is -0.137. The van der Waals surface area contributed by atoms with Crippen molar-refractivity contribution >= 4 is 29.3 Å². The zero-order valence-electron chi connectivity index (χ0n) is 16.0. The number of hydrogen-bond donors (Lipinski definition) is 2. The lowest BCUT2D eigenvalue weighted by atomic mass is 10.1. The first-order valence-electron chi connectivity index (χ1n) is 8.84.